The lowest BCUT2D eigenvalue weighted by atomic mass is 10.1. The molecule has 86 valence electrons. The third-order valence-electron chi connectivity index (χ3n) is 2.79. The highest BCUT2D eigenvalue weighted by atomic mass is 35.5. The molecule has 0 aromatic rings. The van der Waals surface area contributed by atoms with Crippen LogP contribution in [0.25, 0.3) is 0 Å². The van der Waals surface area contributed by atoms with Crippen molar-refractivity contribution in [2.45, 2.75) is 18.9 Å². The highest BCUT2D eigenvalue weighted by Gasteiger charge is 2.23. The molecule has 0 unspecified atom stereocenters. The molecule has 0 radical (unpaired) electrons. The Morgan fingerprint density at radius 1 is 1.53 bits per heavy atom. The second kappa shape index (κ2) is 6.10. The zero-order valence-electron chi connectivity index (χ0n) is 8.71. The second-order valence-corrected chi connectivity index (χ2v) is 3.83. The van der Waals surface area contributed by atoms with E-state index in [2.05, 4.69) is 22.0 Å². The molecule has 2 aliphatic heterocycles. The average molecular weight is 232 g/mol. The first-order valence-electron chi connectivity index (χ1n) is 5.26. The molecular formula is C10H18ClN3O. The van der Waals surface area contributed by atoms with Crippen LogP contribution in [-0.4, -0.2) is 38.1 Å². The van der Waals surface area contributed by atoms with E-state index in [0.29, 0.717) is 0 Å². The number of hydrogen-bond acceptors (Lipinski definition) is 3. The van der Waals surface area contributed by atoms with Gasteiger partial charge in [-0.1, -0.05) is 11.6 Å². The van der Waals surface area contributed by atoms with E-state index in [9.17, 15) is 4.79 Å². The van der Waals surface area contributed by atoms with Gasteiger partial charge in [0.1, 0.15) is 0 Å². The fourth-order valence-corrected chi connectivity index (χ4v) is 1.67. The Morgan fingerprint density at radius 3 is 2.87 bits per heavy atom. The number of amides is 1. The van der Waals surface area contributed by atoms with Gasteiger partial charge in [0.15, 0.2) is 0 Å². The van der Waals surface area contributed by atoms with Gasteiger partial charge in [-0.2, -0.15) is 0 Å². The van der Waals surface area contributed by atoms with E-state index in [0.717, 1.165) is 39.0 Å². The van der Waals surface area contributed by atoms with Crippen molar-refractivity contribution in [2.24, 2.45) is 0 Å². The summed E-state index contributed by atoms with van der Waals surface area (Å²) in [5.74, 6) is 0.149. The maximum absolute atomic E-state index is 11.5. The maximum Gasteiger partial charge on any atom is 0.237 e. The zero-order valence-corrected chi connectivity index (χ0v) is 9.53. The smallest absolute Gasteiger partial charge is 0.237 e. The first kappa shape index (κ1) is 12.5. The molecule has 0 saturated carbocycles. The zero-order chi connectivity index (χ0) is 9.80. The normalized spacial score (nSPS) is 24.5. The van der Waals surface area contributed by atoms with Gasteiger partial charge in [0.25, 0.3) is 0 Å². The molecule has 4 nitrogen and oxygen atoms in total. The van der Waals surface area contributed by atoms with E-state index in [1.807, 2.05) is 0 Å². The molecule has 2 rings (SSSR count). The summed E-state index contributed by atoms with van der Waals surface area (Å²) < 4.78 is 0. The van der Waals surface area contributed by atoms with Crippen LogP contribution in [0.1, 0.15) is 12.8 Å². The monoisotopic (exact) mass is 231 g/mol. The summed E-state index contributed by atoms with van der Waals surface area (Å²) >= 11 is 0. The topological polar surface area (TPSA) is 53.2 Å². The molecule has 0 aromatic heterocycles. The highest BCUT2D eigenvalue weighted by Crippen LogP contribution is 2.04. The molecule has 0 bridgehead atoms. The fourth-order valence-electron chi connectivity index (χ4n) is 1.67. The largest absolute Gasteiger partial charge is 0.351 e. The van der Waals surface area contributed by atoms with Gasteiger partial charge in [-0.25, -0.2) is 0 Å². The number of carbonyl (C=O) groups excluding carboxylic acids is 1. The van der Waals surface area contributed by atoms with Crippen molar-refractivity contribution in [1.82, 2.24) is 16.0 Å². The number of hydrogen-bond donors (Lipinski definition) is 3. The van der Waals surface area contributed by atoms with Gasteiger partial charge in [0.05, 0.1) is 6.04 Å². The molecular weight excluding hydrogens is 214 g/mol. The van der Waals surface area contributed by atoms with Gasteiger partial charge >= 0.3 is 0 Å². The van der Waals surface area contributed by atoms with Crippen molar-refractivity contribution in [2.75, 3.05) is 26.2 Å². The van der Waals surface area contributed by atoms with E-state index in [-0.39, 0.29) is 24.4 Å². The average Bonchev–Trinajstić information content (AvgIpc) is 2.14. The minimum atomic E-state index is 0. The third-order valence-corrected chi connectivity index (χ3v) is 2.79. The number of nitrogens with one attached hydrogen (secondary N) is 3. The van der Waals surface area contributed by atoms with Gasteiger partial charge in [-0.05, 0) is 25.9 Å². The molecule has 0 spiro atoms. The molecule has 1 saturated heterocycles. The first-order valence-corrected chi connectivity index (χ1v) is 5.26. The van der Waals surface area contributed by atoms with Gasteiger partial charge in [-0.15, -0.1) is 12.4 Å². The summed E-state index contributed by atoms with van der Waals surface area (Å²) in [6.45, 7) is 3.67. The number of carbonyl (C=O) groups is 1. The molecule has 1 atom stereocenters. The first-order chi connectivity index (χ1) is 6.86. The predicted octanol–water partition coefficient (Wildman–Crippen LogP) is -0.194. The van der Waals surface area contributed by atoms with Crippen LogP contribution in [0, 0.1) is 0 Å². The quantitative estimate of drug-likeness (QED) is 0.590. The summed E-state index contributed by atoms with van der Waals surface area (Å²) in [5.41, 5.74) is 1.34. The van der Waals surface area contributed by atoms with Crippen LogP contribution in [0.3, 0.4) is 0 Å². The minimum Gasteiger partial charge on any atom is -0.351 e. The van der Waals surface area contributed by atoms with E-state index in [1.165, 1.54) is 5.57 Å². The molecule has 15 heavy (non-hydrogen) atoms. The molecule has 3 N–H and O–H groups in total. The summed E-state index contributed by atoms with van der Waals surface area (Å²) in [7, 11) is 0. The SMILES string of the molecule is Cl.O=C(NCC1=CCNCC1)[C@H]1CCN1. The van der Waals surface area contributed by atoms with E-state index < -0.39 is 0 Å². The van der Waals surface area contributed by atoms with Crippen molar-refractivity contribution < 1.29 is 4.79 Å². The molecule has 5 heteroatoms. The van der Waals surface area contributed by atoms with Crippen LogP contribution in [0.5, 0.6) is 0 Å². The van der Waals surface area contributed by atoms with Crippen LogP contribution in [-0.2, 0) is 4.79 Å². The molecule has 0 aromatic carbocycles. The summed E-state index contributed by atoms with van der Waals surface area (Å²) in [4.78, 5) is 11.5. The number of rotatable bonds is 3. The second-order valence-electron chi connectivity index (χ2n) is 3.83. The minimum absolute atomic E-state index is 0. The Bertz CT molecular complexity index is 251. The van der Waals surface area contributed by atoms with Crippen LogP contribution in [0.4, 0.5) is 0 Å². The summed E-state index contributed by atoms with van der Waals surface area (Å²) in [5, 5.41) is 9.29. The van der Waals surface area contributed by atoms with E-state index >= 15 is 0 Å². The predicted molar refractivity (Wildman–Crippen MR) is 62.2 cm³/mol. The maximum atomic E-state index is 11.5. The Labute approximate surface area is 96.3 Å². The number of halogens is 1. The van der Waals surface area contributed by atoms with Gasteiger partial charge < -0.3 is 16.0 Å². The van der Waals surface area contributed by atoms with Crippen molar-refractivity contribution in [3.05, 3.63) is 11.6 Å². The lowest BCUT2D eigenvalue weighted by molar-refractivity contribution is -0.124. The molecule has 1 fully saturated rings. The van der Waals surface area contributed by atoms with Crippen molar-refractivity contribution in [3.63, 3.8) is 0 Å². The molecule has 2 heterocycles. The van der Waals surface area contributed by atoms with Gasteiger partial charge in [0, 0.05) is 13.1 Å². The summed E-state index contributed by atoms with van der Waals surface area (Å²) in [6.07, 6.45) is 4.20. The molecule has 0 aliphatic carbocycles. The van der Waals surface area contributed by atoms with Crippen molar-refractivity contribution in [3.8, 4) is 0 Å². The van der Waals surface area contributed by atoms with Crippen LogP contribution >= 0.6 is 12.4 Å². The van der Waals surface area contributed by atoms with E-state index in [1.54, 1.807) is 0 Å². The Balaban J connectivity index is 0.00000112. The fraction of sp³-hybridized carbons (Fsp3) is 0.700. The van der Waals surface area contributed by atoms with Crippen LogP contribution < -0.4 is 16.0 Å². The summed E-state index contributed by atoms with van der Waals surface area (Å²) in [6, 6.07) is 0.0670. The Morgan fingerprint density at radius 2 is 2.33 bits per heavy atom. The third kappa shape index (κ3) is 3.48. The Hall–Kier alpha value is -0.580. The van der Waals surface area contributed by atoms with Crippen LogP contribution in [0.2, 0.25) is 0 Å². The van der Waals surface area contributed by atoms with Gasteiger partial charge in [-0.3, -0.25) is 4.79 Å². The molecule has 1 amide bonds. The van der Waals surface area contributed by atoms with Gasteiger partial charge in [0.2, 0.25) is 5.91 Å². The standard InChI is InChI=1S/C10H17N3O.ClH/c14-10(9-3-6-12-9)13-7-8-1-4-11-5-2-8;/h1,9,11-12H,2-7H2,(H,13,14);1H/t9-;/m1./s1. The van der Waals surface area contributed by atoms with Crippen molar-refractivity contribution >= 4 is 18.3 Å². The lowest BCUT2D eigenvalue weighted by Crippen LogP contribution is -2.53. The Kier molecular flexibility index (Phi) is 5.08. The lowest BCUT2D eigenvalue weighted by Gasteiger charge is -2.26. The van der Waals surface area contributed by atoms with Crippen molar-refractivity contribution in [1.29, 1.82) is 0 Å². The molecule has 2 aliphatic rings. The highest BCUT2D eigenvalue weighted by molar-refractivity contribution is 5.85. The van der Waals surface area contributed by atoms with Crippen LogP contribution in [0.15, 0.2) is 11.6 Å². The van der Waals surface area contributed by atoms with E-state index in [4.69, 9.17) is 0 Å².